The molecule has 2 heterocycles. The Balaban J connectivity index is 2.11. The Kier molecular flexibility index (Phi) is 3.46. The van der Waals surface area contributed by atoms with Gasteiger partial charge in [0.2, 0.25) is 0 Å². The van der Waals surface area contributed by atoms with Crippen molar-refractivity contribution in [3.8, 4) is 0 Å². The van der Waals surface area contributed by atoms with Crippen molar-refractivity contribution in [2.45, 2.75) is 12.6 Å². The monoisotopic (exact) mass is 246 g/mol. The van der Waals surface area contributed by atoms with Crippen LogP contribution >= 0.6 is 0 Å². The summed E-state index contributed by atoms with van der Waals surface area (Å²) >= 11 is 0. The van der Waals surface area contributed by atoms with Gasteiger partial charge in [0.05, 0.1) is 0 Å². The minimum absolute atomic E-state index is 0.502. The molecule has 7 heteroatoms. The third-order valence-corrected chi connectivity index (χ3v) is 2.60. The molecule has 0 amide bonds. The smallest absolute Gasteiger partial charge is 0.354 e. The summed E-state index contributed by atoms with van der Waals surface area (Å²) in [5.74, 6) is 0.502. The molecule has 0 radical (unpaired) electrons. The van der Waals surface area contributed by atoms with Crippen molar-refractivity contribution in [2.75, 3.05) is 31.1 Å². The van der Waals surface area contributed by atoms with Gasteiger partial charge in [-0.15, -0.1) is 10.2 Å². The number of halogens is 3. The normalized spacial score (nSPS) is 17.9. The molecular weight excluding hydrogens is 233 g/mol. The van der Waals surface area contributed by atoms with Gasteiger partial charge in [0.1, 0.15) is 0 Å². The van der Waals surface area contributed by atoms with E-state index in [9.17, 15) is 13.2 Å². The summed E-state index contributed by atoms with van der Waals surface area (Å²) in [6.07, 6.45) is -3.48. The molecule has 1 N–H and O–H groups in total. The van der Waals surface area contributed by atoms with Gasteiger partial charge in [0.15, 0.2) is 11.5 Å². The number of anilines is 1. The number of nitrogens with zero attached hydrogens (tertiary/aromatic N) is 3. The maximum absolute atomic E-state index is 12.3. The quantitative estimate of drug-likeness (QED) is 0.810. The topological polar surface area (TPSA) is 41.0 Å². The molecule has 4 nitrogen and oxygen atoms in total. The first-order valence-corrected chi connectivity index (χ1v) is 5.44. The van der Waals surface area contributed by atoms with Crippen LogP contribution in [0.25, 0.3) is 0 Å². The summed E-state index contributed by atoms with van der Waals surface area (Å²) in [6.45, 7) is 3.25. The molecule has 0 aliphatic carbocycles. The van der Waals surface area contributed by atoms with Gasteiger partial charge in [-0.2, -0.15) is 13.2 Å². The second-order valence-electron chi connectivity index (χ2n) is 3.87. The predicted molar refractivity (Wildman–Crippen MR) is 56.7 cm³/mol. The molecule has 0 aromatic carbocycles. The van der Waals surface area contributed by atoms with Crippen molar-refractivity contribution < 1.29 is 13.2 Å². The highest BCUT2D eigenvalue weighted by molar-refractivity contribution is 5.37. The summed E-state index contributed by atoms with van der Waals surface area (Å²) in [5, 5.41) is 10.1. The lowest BCUT2D eigenvalue weighted by Crippen LogP contribution is -2.29. The summed E-state index contributed by atoms with van der Waals surface area (Å²) in [4.78, 5) is 1.94. The number of hydrogen-bond acceptors (Lipinski definition) is 4. The van der Waals surface area contributed by atoms with Crippen molar-refractivity contribution in [1.29, 1.82) is 0 Å². The van der Waals surface area contributed by atoms with Gasteiger partial charge in [-0.25, -0.2) is 0 Å². The molecule has 1 saturated heterocycles. The third-order valence-electron chi connectivity index (χ3n) is 2.60. The average molecular weight is 246 g/mol. The lowest BCUT2D eigenvalue weighted by molar-refractivity contribution is -0.141. The van der Waals surface area contributed by atoms with Crippen LogP contribution in [0.3, 0.4) is 0 Å². The summed E-state index contributed by atoms with van der Waals surface area (Å²) in [7, 11) is 0. The zero-order chi connectivity index (χ0) is 12.3. The Hall–Kier alpha value is -1.37. The predicted octanol–water partition coefficient (Wildman–Crippen LogP) is 1.30. The maximum atomic E-state index is 12.3. The third kappa shape index (κ3) is 3.06. The second kappa shape index (κ2) is 4.87. The van der Waals surface area contributed by atoms with E-state index < -0.39 is 11.9 Å². The fourth-order valence-electron chi connectivity index (χ4n) is 1.72. The van der Waals surface area contributed by atoms with Crippen molar-refractivity contribution in [2.24, 2.45) is 0 Å². The van der Waals surface area contributed by atoms with Gasteiger partial charge in [0.25, 0.3) is 0 Å². The largest absolute Gasteiger partial charge is 0.435 e. The van der Waals surface area contributed by atoms with Crippen LogP contribution in [0, 0.1) is 0 Å². The molecule has 0 atom stereocenters. The first-order valence-electron chi connectivity index (χ1n) is 5.44. The molecule has 2 rings (SSSR count). The summed E-state index contributed by atoms with van der Waals surface area (Å²) in [6, 6.07) is 2.35. The lowest BCUT2D eigenvalue weighted by atomic mass is 10.3. The molecule has 0 bridgehead atoms. The van der Waals surface area contributed by atoms with E-state index in [4.69, 9.17) is 0 Å². The van der Waals surface area contributed by atoms with E-state index >= 15 is 0 Å². The van der Waals surface area contributed by atoms with E-state index in [0.29, 0.717) is 5.82 Å². The Morgan fingerprint density at radius 2 is 1.94 bits per heavy atom. The molecule has 94 valence electrons. The number of rotatable bonds is 1. The molecule has 0 spiro atoms. The standard InChI is InChI=1S/C10H13F3N4/c11-10(12,13)8-2-3-9(16-15-8)17-6-1-4-14-5-7-17/h2-3,14H,1,4-7H2. The van der Waals surface area contributed by atoms with Crippen molar-refractivity contribution in [3.63, 3.8) is 0 Å². The Morgan fingerprint density at radius 3 is 2.59 bits per heavy atom. The second-order valence-corrected chi connectivity index (χ2v) is 3.87. The highest BCUT2D eigenvalue weighted by Crippen LogP contribution is 2.27. The van der Waals surface area contributed by atoms with E-state index in [-0.39, 0.29) is 0 Å². The van der Waals surface area contributed by atoms with Gasteiger partial charge >= 0.3 is 6.18 Å². The highest BCUT2D eigenvalue weighted by atomic mass is 19.4. The molecule has 1 aliphatic rings. The number of aromatic nitrogens is 2. The Bertz CT molecular complexity index is 355. The molecule has 0 saturated carbocycles. The Labute approximate surface area is 96.8 Å². The maximum Gasteiger partial charge on any atom is 0.435 e. The molecule has 1 aromatic heterocycles. The fourth-order valence-corrected chi connectivity index (χ4v) is 1.72. The van der Waals surface area contributed by atoms with Gasteiger partial charge in [-0.05, 0) is 25.1 Å². The lowest BCUT2D eigenvalue weighted by Gasteiger charge is -2.20. The van der Waals surface area contributed by atoms with Gasteiger partial charge in [-0.1, -0.05) is 0 Å². The van der Waals surface area contributed by atoms with Crippen LogP contribution in [0.2, 0.25) is 0 Å². The van der Waals surface area contributed by atoms with Crippen LogP contribution in [0.4, 0.5) is 19.0 Å². The molecule has 17 heavy (non-hydrogen) atoms. The molecular formula is C10H13F3N4. The van der Waals surface area contributed by atoms with Crippen LogP contribution in [-0.4, -0.2) is 36.4 Å². The van der Waals surface area contributed by atoms with Crippen LogP contribution in [0.1, 0.15) is 12.1 Å². The zero-order valence-corrected chi connectivity index (χ0v) is 9.17. The van der Waals surface area contributed by atoms with Crippen molar-refractivity contribution >= 4 is 5.82 Å². The van der Waals surface area contributed by atoms with Crippen LogP contribution in [0.5, 0.6) is 0 Å². The zero-order valence-electron chi connectivity index (χ0n) is 9.17. The Morgan fingerprint density at radius 1 is 1.12 bits per heavy atom. The van der Waals surface area contributed by atoms with E-state index in [1.54, 1.807) is 0 Å². The molecule has 1 aromatic rings. The van der Waals surface area contributed by atoms with E-state index in [1.807, 2.05) is 4.90 Å². The molecule has 1 aliphatic heterocycles. The summed E-state index contributed by atoms with van der Waals surface area (Å²) in [5.41, 5.74) is -0.950. The first kappa shape index (κ1) is 12.1. The van der Waals surface area contributed by atoms with Gasteiger partial charge < -0.3 is 10.2 Å². The minimum atomic E-state index is -4.42. The van der Waals surface area contributed by atoms with Gasteiger partial charge in [-0.3, -0.25) is 0 Å². The highest BCUT2D eigenvalue weighted by Gasteiger charge is 2.33. The van der Waals surface area contributed by atoms with Crippen molar-refractivity contribution in [3.05, 3.63) is 17.8 Å². The number of alkyl halides is 3. The van der Waals surface area contributed by atoms with E-state index in [2.05, 4.69) is 15.5 Å². The van der Waals surface area contributed by atoms with Crippen LogP contribution < -0.4 is 10.2 Å². The summed E-state index contributed by atoms with van der Waals surface area (Å²) < 4.78 is 36.9. The number of nitrogens with one attached hydrogen (secondary N) is 1. The number of hydrogen-bond donors (Lipinski definition) is 1. The van der Waals surface area contributed by atoms with Crippen LogP contribution in [0.15, 0.2) is 12.1 Å². The molecule has 0 unspecified atom stereocenters. The average Bonchev–Trinajstić information content (AvgIpc) is 2.56. The van der Waals surface area contributed by atoms with E-state index in [1.165, 1.54) is 6.07 Å². The first-order chi connectivity index (χ1) is 8.07. The molecule has 1 fully saturated rings. The van der Waals surface area contributed by atoms with Crippen molar-refractivity contribution in [1.82, 2.24) is 15.5 Å². The van der Waals surface area contributed by atoms with Crippen LogP contribution in [-0.2, 0) is 6.18 Å². The SMILES string of the molecule is FC(F)(F)c1ccc(N2CCCNCC2)nn1. The minimum Gasteiger partial charge on any atom is -0.354 e. The van der Waals surface area contributed by atoms with Gasteiger partial charge in [0, 0.05) is 19.6 Å². The fraction of sp³-hybridized carbons (Fsp3) is 0.600. The van der Waals surface area contributed by atoms with E-state index in [0.717, 1.165) is 38.7 Å².